The summed E-state index contributed by atoms with van der Waals surface area (Å²) in [5.41, 5.74) is 3.87. The minimum atomic E-state index is -4.48. The average molecular weight is 247 g/mol. The Hall–Kier alpha value is -1.43. The normalized spacial score (nSPS) is 18.6. The lowest BCUT2D eigenvalue weighted by Gasteiger charge is -2.38. The molecule has 0 radical (unpaired) electrons. The summed E-state index contributed by atoms with van der Waals surface area (Å²) in [4.78, 5) is 0. The van der Waals surface area contributed by atoms with Gasteiger partial charge in [-0.1, -0.05) is 0 Å². The van der Waals surface area contributed by atoms with Crippen molar-refractivity contribution in [2.45, 2.75) is 18.7 Å². The molecular weight excluding hydrogens is 235 g/mol. The highest BCUT2D eigenvalue weighted by Crippen LogP contribution is 2.39. The van der Waals surface area contributed by atoms with Gasteiger partial charge >= 0.3 is 6.18 Å². The number of halogens is 3. The van der Waals surface area contributed by atoms with Gasteiger partial charge in [0.05, 0.1) is 18.8 Å². The molecule has 1 aliphatic heterocycles. The summed E-state index contributed by atoms with van der Waals surface area (Å²) < 4.78 is 48.6. The summed E-state index contributed by atoms with van der Waals surface area (Å²) in [5.74, 6) is -0.211. The van der Waals surface area contributed by atoms with Crippen molar-refractivity contribution in [2.24, 2.45) is 0 Å². The van der Waals surface area contributed by atoms with Gasteiger partial charge in [0.15, 0.2) is 5.60 Å². The Labute approximate surface area is 96.3 Å². The molecule has 1 fully saturated rings. The third-order valence-corrected chi connectivity index (χ3v) is 2.48. The molecule has 0 unspecified atom stereocenters. The number of hydrogen-bond acceptors (Lipinski definition) is 3. The van der Waals surface area contributed by atoms with Crippen LogP contribution in [0.15, 0.2) is 18.2 Å². The summed E-state index contributed by atoms with van der Waals surface area (Å²) in [7, 11) is 0. The lowest BCUT2D eigenvalue weighted by molar-refractivity contribution is -0.160. The quantitative estimate of drug-likeness (QED) is 0.816. The van der Waals surface area contributed by atoms with E-state index in [-0.39, 0.29) is 24.7 Å². The maximum Gasteiger partial charge on any atom is 0.420 e. The molecule has 0 atom stereocenters. The minimum absolute atomic E-state index is 0.0553. The fourth-order valence-electron chi connectivity index (χ4n) is 1.57. The Morgan fingerprint density at radius 1 is 1.35 bits per heavy atom. The summed E-state index contributed by atoms with van der Waals surface area (Å²) in [6.45, 7) is 2.27. The van der Waals surface area contributed by atoms with Gasteiger partial charge in [0.25, 0.3) is 0 Å². The smallest absolute Gasteiger partial charge is 0.420 e. The van der Waals surface area contributed by atoms with Gasteiger partial charge in [-0.2, -0.15) is 13.2 Å². The number of nitrogen functional groups attached to an aromatic ring is 1. The van der Waals surface area contributed by atoms with Crippen molar-refractivity contribution in [3.05, 3.63) is 23.8 Å². The van der Waals surface area contributed by atoms with E-state index >= 15 is 0 Å². The molecule has 0 aromatic heterocycles. The molecule has 0 aliphatic carbocycles. The van der Waals surface area contributed by atoms with Gasteiger partial charge in [0.1, 0.15) is 5.75 Å². The van der Waals surface area contributed by atoms with E-state index in [1.54, 1.807) is 6.92 Å². The highest BCUT2D eigenvalue weighted by Gasteiger charge is 2.40. The van der Waals surface area contributed by atoms with Crippen LogP contribution in [-0.4, -0.2) is 18.8 Å². The molecule has 1 aromatic carbocycles. The Kier molecular flexibility index (Phi) is 2.69. The first-order valence-electron chi connectivity index (χ1n) is 5.04. The van der Waals surface area contributed by atoms with Crippen molar-refractivity contribution in [2.75, 3.05) is 18.9 Å². The number of benzene rings is 1. The minimum Gasteiger partial charge on any atom is -0.482 e. The molecule has 17 heavy (non-hydrogen) atoms. The van der Waals surface area contributed by atoms with Crippen molar-refractivity contribution >= 4 is 5.69 Å². The fourth-order valence-corrected chi connectivity index (χ4v) is 1.57. The van der Waals surface area contributed by atoms with Crippen molar-refractivity contribution in [3.63, 3.8) is 0 Å². The van der Waals surface area contributed by atoms with Crippen LogP contribution >= 0.6 is 0 Å². The molecule has 1 aromatic rings. The molecule has 0 saturated carbocycles. The van der Waals surface area contributed by atoms with Gasteiger partial charge in [-0.25, -0.2) is 0 Å². The Bertz CT molecular complexity index is 427. The molecule has 3 nitrogen and oxygen atoms in total. The molecule has 1 saturated heterocycles. The van der Waals surface area contributed by atoms with Gasteiger partial charge in [0, 0.05) is 5.69 Å². The molecule has 2 rings (SSSR count). The predicted molar refractivity (Wildman–Crippen MR) is 55.7 cm³/mol. The number of rotatable bonds is 2. The zero-order valence-electron chi connectivity index (χ0n) is 9.17. The van der Waals surface area contributed by atoms with E-state index in [2.05, 4.69) is 0 Å². The Balaban J connectivity index is 2.33. The second-order valence-electron chi connectivity index (χ2n) is 4.30. The van der Waals surface area contributed by atoms with Crippen molar-refractivity contribution in [3.8, 4) is 5.75 Å². The van der Waals surface area contributed by atoms with Crippen LogP contribution in [0.1, 0.15) is 12.5 Å². The van der Waals surface area contributed by atoms with Crippen LogP contribution in [0.5, 0.6) is 5.75 Å². The number of alkyl halides is 3. The molecule has 1 aliphatic rings. The van der Waals surface area contributed by atoms with Crippen LogP contribution in [-0.2, 0) is 10.9 Å². The predicted octanol–water partition coefficient (Wildman–Crippen LogP) is 2.46. The van der Waals surface area contributed by atoms with E-state index in [1.807, 2.05) is 0 Å². The van der Waals surface area contributed by atoms with Crippen LogP contribution in [0.3, 0.4) is 0 Å². The SMILES string of the molecule is CC1(Oc2ccc(N)cc2C(F)(F)F)COC1. The molecule has 0 bridgehead atoms. The first-order chi connectivity index (χ1) is 7.80. The zero-order chi connectivity index (χ0) is 12.7. The second-order valence-corrected chi connectivity index (χ2v) is 4.30. The fraction of sp³-hybridized carbons (Fsp3) is 0.455. The summed E-state index contributed by atoms with van der Waals surface area (Å²) in [5, 5.41) is 0. The van der Waals surface area contributed by atoms with E-state index < -0.39 is 17.3 Å². The highest BCUT2D eigenvalue weighted by atomic mass is 19.4. The highest BCUT2D eigenvalue weighted by molar-refractivity contribution is 5.49. The van der Waals surface area contributed by atoms with E-state index in [1.165, 1.54) is 12.1 Å². The number of anilines is 1. The van der Waals surface area contributed by atoms with Crippen molar-refractivity contribution < 1.29 is 22.6 Å². The average Bonchev–Trinajstić information content (AvgIpc) is 2.17. The van der Waals surface area contributed by atoms with E-state index in [9.17, 15) is 13.2 Å². The standard InChI is InChI=1S/C11H12F3NO2/c1-10(5-16-6-10)17-9-3-2-7(15)4-8(9)11(12,13)14/h2-4H,5-6,15H2,1H3. The second kappa shape index (κ2) is 3.80. The number of ether oxygens (including phenoxy) is 2. The Morgan fingerprint density at radius 3 is 2.47 bits per heavy atom. The van der Waals surface area contributed by atoms with Crippen LogP contribution in [0.2, 0.25) is 0 Å². The first kappa shape index (κ1) is 12.0. The molecule has 6 heteroatoms. The molecule has 2 N–H and O–H groups in total. The van der Waals surface area contributed by atoms with E-state index in [4.69, 9.17) is 15.2 Å². The van der Waals surface area contributed by atoms with E-state index in [0.717, 1.165) is 6.07 Å². The molecule has 0 amide bonds. The molecule has 0 spiro atoms. The first-order valence-corrected chi connectivity index (χ1v) is 5.04. The largest absolute Gasteiger partial charge is 0.482 e. The monoisotopic (exact) mass is 247 g/mol. The topological polar surface area (TPSA) is 44.5 Å². The van der Waals surface area contributed by atoms with Gasteiger partial charge < -0.3 is 15.2 Å². The molecule has 94 valence electrons. The van der Waals surface area contributed by atoms with Gasteiger partial charge in [-0.05, 0) is 25.1 Å². The van der Waals surface area contributed by atoms with Gasteiger partial charge in [-0.15, -0.1) is 0 Å². The van der Waals surface area contributed by atoms with E-state index in [0.29, 0.717) is 0 Å². The van der Waals surface area contributed by atoms with Crippen LogP contribution < -0.4 is 10.5 Å². The van der Waals surface area contributed by atoms with Crippen molar-refractivity contribution in [1.29, 1.82) is 0 Å². The Morgan fingerprint density at radius 2 is 2.00 bits per heavy atom. The molecule has 1 heterocycles. The third-order valence-electron chi connectivity index (χ3n) is 2.48. The van der Waals surface area contributed by atoms with Crippen LogP contribution in [0.25, 0.3) is 0 Å². The lowest BCUT2D eigenvalue weighted by atomic mass is 10.0. The van der Waals surface area contributed by atoms with Crippen molar-refractivity contribution in [1.82, 2.24) is 0 Å². The van der Waals surface area contributed by atoms with Crippen LogP contribution in [0.4, 0.5) is 18.9 Å². The summed E-state index contributed by atoms with van der Waals surface area (Å²) in [6, 6.07) is 3.49. The van der Waals surface area contributed by atoms with Gasteiger partial charge in [-0.3, -0.25) is 0 Å². The summed E-state index contributed by atoms with van der Waals surface area (Å²) in [6.07, 6.45) is -4.48. The van der Waals surface area contributed by atoms with Crippen LogP contribution in [0, 0.1) is 0 Å². The number of nitrogens with two attached hydrogens (primary N) is 1. The maximum absolute atomic E-state index is 12.8. The summed E-state index contributed by atoms with van der Waals surface area (Å²) >= 11 is 0. The zero-order valence-corrected chi connectivity index (χ0v) is 9.17. The maximum atomic E-state index is 12.8. The number of hydrogen-bond donors (Lipinski definition) is 1. The van der Waals surface area contributed by atoms with Gasteiger partial charge in [0.2, 0.25) is 0 Å². The third kappa shape index (κ3) is 2.46. The molecular formula is C11H12F3NO2. The lowest BCUT2D eigenvalue weighted by Crippen LogP contribution is -2.51.